The Labute approximate surface area is 81.3 Å². The molecule has 1 N–H and O–H groups in total. The summed E-state index contributed by atoms with van der Waals surface area (Å²) in [4.78, 5) is 0. The van der Waals surface area contributed by atoms with Gasteiger partial charge >= 0.3 is 0 Å². The first-order chi connectivity index (χ1) is 5.71. The summed E-state index contributed by atoms with van der Waals surface area (Å²) < 4.78 is 5.95. The molecule has 2 atom stereocenters. The van der Waals surface area contributed by atoms with E-state index in [1.807, 2.05) is 13.8 Å². The molecule has 0 spiro atoms. The van der Waals surface area contributed by atoms with E-state index in [-0.39, 0.29) is 23.2 Å². The first kappa shape index (κ1) is 11.0. The normalized spacial score (nSPS) is 34.6. The second-order valence-corrected chi connectivity index (χ2v) is 5.83. The Morgan fingerprint density at radius 3 is 2.23 bits per heavy atom. The molecule has 0 bridgehead atoms. The number of ether oxygens (including phenoxy) is 1. The number of aliphatic hydroxyl groups is 1. The molecule has 0 aromatic heterocycles. The molecule has 1 fully saturated rings. The number of aliphatic hydroxyl groups excluding tert-OH is 1. The van der Waals surface area contributed by atoms with Crippen molar-refractivity contribution in [2.75, 3.05) is 0 Å². The SMILES string of the molecule is CC1(C)CC(O)CC(C(C)(C)C)O1. The highest BCUT2D eigenvalue weighted by atomic mass is 16.5. The number of hydrogen-bond acceptors (Lipinski definition) is 2. The van der Waals surface area contributed by atoms with Gasteiger partial charge in [-0.15, -0.1) is 0 Å². The standard InChI is InChI=1S/C11H22O2/c1-10(2,3)9-6-8(12)7-11(4,5)13-9/h8-9,12H,6-7H2,1-5H3. The summed E-state index contributed by atoms with van der Waals surface area (Å²) in [7, 11) is 0. The molecule has 0 aliphatic carbocycles. The van der Waals surface area contributed by atoms with Crippen LogP contribution in [-0.2, 0) is 4.74 Å². The van der Waals surface area contributed by atoms with E-state index in [1.165, 1.54) is 0 Å². The largest absolute Gasteiger partial charge is 0.393 e. The zero-order chi connectivity index (χ0) is 10.3. The number of hydrogen-bond donors (Lipinski definition) is 1. The minimum absolute atomic E-state index is 0.124. The summed E-state index contributed by atoms with van der Waals surface area (Å²) in [6.07, 6.45) is 1.49. The molecule has 1 aliphatic rings. The highest BCUT2D eigenvalue weighted by Gasteiger charge is 2.39. The van der Waals surface area contributed by atoms with Crippen molar-refractivity contribution in [3.05, 3.63) is 0 Å². The van der Waals surface area contributed by atoms with Crippen molar-refractivity contribution < 1.29 is 9.84 Å². The van der Waals surface area contributed by atoms with E-state index in [0.29, 0.717) is 0 Å². The van der Waals surface area contributed by atoms with E-state index < -0.39 is 0 Å². The lowest BCUT2D eigenvalue weighted by Crippen LogP contribution is -2.47. The second kappa shape index (κ2) is 3.25. The molecule has 1 aliphatic heterocycles. The second-order valence-electron chi connectivity index (χ2n) is 5.83. The van der Waals surface area contributed by atoms with Crippen molar-refractivity contribution in [3.63, 3.8) is 0 Å². The van der Waals surface area contributed by atoms with Gasteiger partial charge in [-0.05, 0) is 19.3 Å². The van der Waals surface area contributed by atoms with Crippen LogP contribution in [0.1, 0.15) is 47.5 Å². The van der Waals surface area contributed by atoms with Crippen molar-refractivity contribution >= 4 is 0 Å². The Hall–Kier alpha value is -0.0800. The van der Waals surface area contributed by atoms with E-state index >= 15 is 0 Å². The maximum absolute atomic E-state index is 9.70. The van der Waals surface area contributed by atoms with Crippen LogP contribution in [0.4, 0.5) is 0 Å². The average molecular weight is 186 g/mol. The van der Waals surface area contributed by atoms with Crippen LogP contribution in [-0.4, -0.2) is 22.9 Å². The maximum atomic E-state index is 9.70. The van der Waals surface area contributed by atoms with Gasteiger partial charge in [0.2, 0.25) is 0 Å². The third-order valence-corrected chi connectivity index (χ3v) is 2.64. The summed E-state index contributed by atoms with van der Waals surface area (Å²) in [6.45, 7) is 10.6. The molecule has 78 valence electrons. The zero-order valence-corrected chi connectivity index (χ0v) is 9.42. The lowest BCUT2D eigenvalue weighted by molar-refractivity contribution is -0.175. The van der Waals surface area contributed by atoms with E-state index in [1.54, 1.807) is 0 Å². The van der Waals surface area contributed by atoms with Gasteiger partial charge in [-0.2, -0.15) is 0 Å². The molecule has 13 heavy (non-hydrogen) atoms. The highest BCUT2D eigenvalue weighted by Crippen LogP contribution is 2.36. The molecule has 0 amide bonds. The maximum Gasteiger partial charge on any atom is 0.0655 e. The topological polar surface area (TPSA) is 29.5 Å². The van der Waals surface area contributed by atoms with Crippen LogP contribution >= 0.6 is 0 Å². The minimum atomic E-state index is -0.201. The van der Waals surface area contributed by atoms with E-state index in [4.69, 9.17) is 4.74 Å². The van der Waals surface area contributed by atoms with Crippen LogP contribution in [0.5, 0.6) is 0 Å². The average Bonchev–Trinajstić information content (AvgIpc) is 1.79. The monoisotopic (exact) mass is 186 g/mol. The van der Waals surface area contributed by atoms with Crippen molar-refractivity contribution in [2.45, 2.75) is 65.3 Å². The third kappa shape index (κ3) is 2.96. The summed E-state index contributed by atoms with van der Waals surface area (Å²) in [6, 6.07) is 0. The predicted molar refractivity (Wildman–Crippen MR) is 53.6 cm³/mol. The zero-order valence-electron chi connectivity index (χ0n) is 9.42. The molecule has 1 rings (SSSR count). The predicted octanol–water partition coefficient (Wildman–Crippen LogP) is 2.35. The molecular formula is C11H22O2. The Morgan fingerprint density at radius 1 is 1.31 bits per heavy atom. The van der Waals surface area contributed by atoms with Gasteiger partial charge in [0.05, 0.1) is 17.8 Å². The smallest absolute Gasteiger partial charge is 0.0655 e. The van der Waals surface area contributed by atoms with Crippen LogP contribution in [0.2, 0.25) is 0 Å². The van der Waals surface area contributed by atoms with Crippen molar-refractivity contribution in [3.8, 4) is 0 Å². The van der Waals surface area contributed by atoms with Gasteiger partial charge < -0.3 is 9.84 Å². The summed E-state index contributed by atoms with van der Waals surface area (Å²) in [5, 5.41) is 9.70. The molecule has 1 heterocycles. The Kier molecular flexibility index (Phi) is 2.75. The van der Waals surface area contributed by atoms with Gasteiger partial charge in [-0.1, -0.05) is 20.8 Å². The minimum Gasteiger partial charge on any atom is -0.393 e. The third-order valence-electron chi connectivity index (χ3n) is 2.64. The van der Waals surface area contributed by atoms with E-state index in [9.17, 15) is 5.11 Å². The summed E-state index contributed by atoms with van der Waals surface area (Å²) in [5.41, 5.74) is -0.0473. The molecule has 0 radical (unpaired) electrons. The lowest BCUT2D eigenvalue weighted by Gasteiger charge is -2.44. The van der Waals surface area contributed by atoms with Crippen LogP contribution < -0.4 is 0 Å². The van der Waals surface area contributed by atoms with Crippen LogP contribution in [0.3, 0.4) is 0 Å². The quantitative estimate of drug-likeness (QED) is 0.629. The van der Waals surface area contributed by atoms with E-state index in [0.717, 1.165) is 12.8 Å². The van der Waals surface area contributed by atoms with E-state index in [2.05, 4.69) is 20.8 Å². The fourth-order valence-electron chi connectivity index (χ4n) is 1.91. The van der Waals surface area contributed by atoms with Gasteiger partial charge in [0.15, 0.2) is 0 Å². The fraction of sp³-hybridized carbons (Fsp3) is 1.00. The van der Waals surface area contributed by atoms with Crippen molar-refractivity contribution in [1.82, 2.24) is 0 Å². The Bertz CT molecular complexity index is 179. The molecule has 2 unspecified atom stereocenters. The molecule has 0 saturated carbocycles. The Morgan fingerprint density at radius 2 is 1.85 bits per heavy atom. The van der Waals surface area contributed by atoms with Crippen molar-refractivity contribution in [1.29, 1.82) is 0 Å². The first-order valence-corrected chi connectivity index (χ1v) is 5.06. The van der Waals surface area contributed by atoms with Gasteiger partial charge in [0, 0.05) is 12.8 Å². The molecular weight excluding hydrogens is 164 g/mol. The van der Waals surface area contributed by atoms with Crippen LogP contribution in [0, 0.1) is 5.41 Å². The molecule has 1 saturated heterocycles. The Balaban J connectivity index is 2.69. The van der Waals surface area contributed by atoms with Crippen molar-refractivity contribution in [2.24, 2.45) is 5.41 Å². The summed E-state index contributed by atoms with van der Waals surface area (Å²) in [5.74, 6) is 0. The molecule has 2 nitrogen and oxygen atoms in total. The van der Waals surface area contributed by atoms with Gasteiger partial charge in [0.25, 0.3) is 0 Å². The van der Waals surface area contributed by atoms with Gasteiger partial charge in [-0.3, -0.25) is 0 Å². The first-order valence-electron chi connectivity index (χ1n) is 5.06. The van der Waals surface area contributed by atoms with Gasteiger partial charge in [-0.25, -0.2) is 0 Å². The summed E-state index contributed by atoms with van der Waals surface area (Å²) >= 11 is 0. The lowest BCUT2D eigenvalue weighted by atomic mass is 9.81. The number of rotatable bonds is 0. The molecule has 0 aromatic rings. The highest BCUT2D eigenvalue weighted by molar-refractivity contribution is 4.88. The fourth-order valence-corrected chi connectivity index (χ4v) is 1.91. The van der Waals surface area contributed by atoms with Crippen LogP contribution in [0.15, 0.2) is 0 Å². The molecule has 2 heteroatoms. The van der Waals surface area contributed by atoms with Crippen LogP contribution in [0.25, 0.3) is 0 Å². The molecule has 0 aromatic carbocycles. The van der Waals surface area contributed by atoms with Gasteiger partial charge in [0.1, 0.15) is 0 Å².